The second-order valence-corrected chi connectivity index (χ2v) is 4.69. The zero-order valence-corrected chi connectivity index (χ0v) is 10.7. The predicted octanol–water partition coefficient (Wildman–Crippen LogP) is 4.40. The summed E-state index contributed by atoms with van der Waals surface area (Å²) < 4.78 is 2.13. The van der Waals surface area contributed by atoms with Crippen LogP contribution in [0.2, 0.25) is 0 Å². The Bertz CT molecular complexity index is 445. The highest BCUT2D eigenvalue weighted by Gasteiger charge is 2.00. The lowest BCUT2D eigenvalue weighted by atomic mass is 10.1. The van der Waals surface area contributed by atoms with Crippen molar-refractivity contribution in [3.05, 3.63) is 30.5 Å². The molecule has 0 bridgehead atoms. The molecule has 0 saturated heterocycles. The van der Waals surface area contributed by atoms with Gasteiger partial charge in [-0.25, -0.2) is 0 Å². The molecule has 2 aromatic rings. The van der Waals surface area contributed by atoms with E-state index in [4.69, 9.17) is 0 Å². The van der Waals surface area contributed by atoms with Crippen molar-refractivity contribution < 1.29 is 0 Å². The fourth-order valence-corrected chi connectivity index (χ4v) is 2.25. The van der Waals surface area contributed by atoms with Crippen molar-refractivity contribution in [1.82, 2.24) is 9.78 Å². The van der Waals surface area contributed by atoms with E-state index in [1.807, 2.05) is 6.20 Å². The lowest BCUT2D eigenvalue weighted by molar-refractivity contribution is 0.537. The van der Waals surface area contributed by atoms with Gasteiger partial charge in [-0.1, -0.05) is 57.2 Å². The first kappa shape index (κ1) is 12.2. The van der Waals surface area contributed by atoms with E-state index in [0.29, 0.717) is 0 Å². The normalized spacial score (nSPS) is 11.1. The lowest BCUT2D eigenvalue weighted by Gasteiger charge is -2.03. The maximum Gasteiger partial charge on any atom is 0.0682 e. The Morgan fingerprint density at radius 2 is 1.76 bits per heavy atom. The maximum atomic E-state index is 4.45. The van der Waals surface area contributed by atoms with Crippen LogP contribution in [-0.2, 0) is 6.54 Å². The summed E-state index contributed by atoms with van der Waals surface area (Å²) in [6.45, 7) is 3.31. The molecule has 0 unspecified atom stereocenters. The van der Waals surface area contributed by atoms with Gasteiger partial charge >= 0.3 is 0 Å². The molecule has 0 aliphatic carbocycles. The third kappa shape index (κ3) is 3.32. The first-order valence-corrected chi connectivity index (χ1v) is 6.82. The van der Waals surface area contributed by atoms with Crippen molar-refractivity contribution >= 4 is 10.9 Å². The predicted molar refractivity (Wildman–Crippen MR) is 73.1 cm³/mol. The van der Waals surface area contributed by atoms with Crippen molar-refractivity contribution in [2.24, 2.45) is 0 Å². The molecular weight excluding hydrogens is 208 g/mol. The zero-order valence-electron chi connectivity index (χ0n) is 10.7. The van der Waals surface area contributed by atoms with Crippen molar-refractivity contribution in [2.75, 3.05) is 0 Å². The van der Waals surface area contributed by atoms with Crippen LogP contribution >= 0.6 is 0 Å². The number of hydrogen-bond donors (Lipinski definition) is 0. The highest BCUT2D eigenvalue weighted by Crippen LogP contribution is 2.14. The van der Waals surface area contributed by atoms with E-state index in [1.54, 1.807) is 0 Å². The molecule has 2 nitrogen and oxygen atoms in total. The van der Waals surface area contributed by atoms with Crippen LogP contribution in [0.25, 0.3) is 10.9 Å². The van der Waals surface area contributed by atoms with Crippen molar-refractivity contribution in [3.8, 4) is 0 Å². The minimum Gasteiger partial charge on any atom is -0.265 e. The summed E-state index contributed by atoms with van der Waals surface area (Å²) in [4.78, 5) is 0. The van der Waals surface area contributed by atoms with Crippen LogP contribution in [-0.4, -0.2) is 9.78 Å². The highest BCUT2D eigenvalue weighted by atomic mass is 15.3. The molecule has 1 aromatic carbocycles. The van der Waals surface area contributed by atoms with Gasteiger partial charge in [0.05, 0.1) is 11.7 Å². The van der Waals surface area contributed by atoms with Gasteiger partial charge in [0.1, 0.15) is 0 Å². The largest absolute Gasteiger partial charge is 0.265 e. The van der Waals surface area contributed by atoms with E-state index < -0.39 is 0 Å². The van der Waals surface area contributed by atoms with E-state index >= 15 is 0 Å². The van der Waals surface area contributed by atoms with Gasteiger partial charge in [0.25, 0.3) is 0 Å². The van der Waals surface area contributed by atoms with E-state index in [2.05, 4.69) is 41.0 Å². The third-order valence-corrected chi connectivity index (χ3v) is 3.27. The standard InChI is InChI=1S/C15H22N2/c1-2-3-4-5-6-9-12-17-15-11-8-7-10-14(15)13-16-17/h7-8,10-11,13H,2-6,9,12H2,1H3. The maximum absolute atomic E-state index is 4.45. The Balaban J connectivity index is 1.79. The first-order valence-electron chi connectivity index (χ1n) is 6.82. The monoisotopic (exact) mass is 230 g/mol. The second kappa shape index (κ2) is 6.43. The van der Waals surface area contributed by atoms with Gasteiger partial charge in [0.15, 0.2) is 0 Å². The average Bonchev–Trinajstić information content (AvgIpc) is 2.77. The van der Waals surface area contributed by atoms with Crippen LogP contribution in [0.15, 0.2) is 30.5 Å². The molecule has 1 aromatic heterocycles. The van der Waals surface area contributed by atoms with Gasteiger partial charge in [-0.15, -0.1) is 0 Å². The average molecular weight is 230 g/mol. The SMILES string of the molecule is CCCCCCCCn1ncc2ccccc21. The molecular formula is C15H22N2. The van der Waals surface area contributed by atoms with Crippen LogP contribution in [0.3, 0.4) is 0 Å². The molecule has 0 fully saturated rings. The molecule has 2 rings (SSSR count). The van der Waals surface area contributed by atoms with E-state index in [9.17, 15) is 0 Å². The summed E-state index contributed by atoms with van der Waals surface area (Å²) in [5.74, 6) is 0. The van der Waals surface area contributed by atoms with Crippen molar-refractivity contribution in [3.63, 3.8) is 0 Å². The number of fused-ring (bicyclic) bond motifs is 1. The minimum absolute atomic E-state index is 1.06. The first-order chi connectivity index (χ1) is 8.42. The topological polar surface area (TPSA) is 17.8 Å². The van der Waals surface area contributed by atoms with E-state index in [-0.39, 0.29) is 0 Å². The number of nitrogens with zero attached hydrogens (tertiary/aromatic N) is 2. The third-order valence-electron chi connectivity index (χ3n) is 3.27. The summed E-state index contributed by atoms with van der Waals surface area (Å²) in [5.41, 5.74) is 1.26. The van der Waals surface area contributed by atoms with Gasteiger partial charge < -0.3 is 0 Å². The van der Waals surface area contributed by atoms with E-state index in [0.717, 1.165) is 6.54 Å². The second-order valence-electron chi connectivity index (χ2n) is 4.69. The molecule has 0 saturated carbocycles. The molecule has 0 atom stereocenters. The summed E-state index contributed by atoms with van der Waals surface area (Å²) in [6, 6.07) is 8.43. The molecule has 0 aliphatic heterocycles. The number of benzene rings is 1. The van der Waals surface area contributed by atoms with Crippen LogP contribution in [0.5, 0.6) is 0 Å². The number of unbranched alkanes of at least 4 members (excludes halogenated alkanes) is 5. The number of aromatic nitrogens is 2. The van der Waals surface area contributed by atoms with Crippen LogP contribution in [0, 0.1) is 0 Å². The smallest absolute Gasteiger partial charge is 0.0682 e. The molecule has 92 valence electrons. The molecule has 0 aliphatic rings. The van der Waals surface area contributed by atoms with Gasteiger partial charge in [0, 0.05) is 11.9 Å². The molecule has 17 heavy (non-hydrogen) atoms. The molecule has 1 heterocycles. The molecule has 2 heteroatoms. The Labute approximate surface area is 104 Å². The summed E-state index contributed by atoms with van der Waals surface area (Å²) in [7, 11) is 0. The molecule has 0 spiro atoms. The fourth-order valence-electron chi connectivity index (χ4n) is 2.25. The molecule has 0 amide bonds. The zero-order chi connectivity index (χ0) is 11.9. The van der Waals surface area contributed by atoms with Gasteiger partial charge in [-0.05, 0) is 12.5 Å². The number of rotatable bonds is 7. The van der Waals surface area contributed by atoms with Gasteiger partial charge in [0.2, 0.25) is 0 Å². The van der Waals surface area contributed by atoms with Gasteiger partial charge in [-0.3, -0.25) is 4.68 Å². The lowest BCUT2D eigenvalue weighted by Crippen LogP contribution is -1.99. The van der Waals surface area contributed by atoms with E-state index in [1.165, 1.54) is 49.4 Å². The fraction of sp³-hybridized carbons (Fsp3) is 0.533. The van der Waals surface area contributed by atoms with Crippen LogP contribution in [0.4, 0.5) is 0 Å². The molecule has 0 radical (unpaired) electrons. The van der Waals surface area contributed by atoms with Crippen molar-refractivity contribution in [2.45, 2.75) is 52.0 Å². The molecule has 0 N–H and O–H groups in total. The summed E-state index contributed by atoms with van der Waals surface area (Å²) in [6.07, 6.45) is 9.99. The Hall–Kier alpha value is -1.31. The minimum atomic E-state index is 1.06. The summed E-state index contributed by atoms with van der Waals surface area (Å²) >= 11 is 0. The van der Waals surface area contributed by atoms with Crippen LogP contribution < -0.4 is 0 Å². The quantitative estimate of drug-likeness (QED) is 0.645. The Kier molecular flexibility index (Phi) is 4.60. The Morgan fingerprint density at radius 3 is 2.65 bits per heavy atom. The van der Waals surface area contributed by atoms with Crippen molar-refractivity contribution in [1.29, 1.82) is 0 Å². The number of hydrogen-bond acceptors (Lipinski definition) is 1. The number of para-hydroxylation sites is 1. The highest BCUT2D eigenvalue weighted by molar-refractivity contribution is 5.78. The number of aryl methyl sites for hydroxylation is 1. The summed E-state index contributed by atoms with van der Waals surface area (Å²) in [5, 5.41) is 5.69. The van der Waals surface area contributed by atoms with Crippen LogP contribution in [0.1, 0.15) is 45.4 Å². The Morgan fingerprint density at radius 1 is 1.00 bits per heavy atom. The van der Waals surface area contributed by atoms with Gasteiger partial charge in [-0.2, -0.15) is 5.10 Å².